The Morgan fingerprint density at radius 1 is 1.00 bits per heavy atom. The van der Waals surface area contributed by atoms with Gasteiger partial charge in [-0.1, -0.05) is 30.3 Å². The zero-order chi connectivity index (χ0) is 16.2. The highest BCUT2D eigenvalue weighted by molar-refractivity contribution is 9.10. The van der Waals surface area contributed by atoms with Crippen molar-refractivity contribution in [3.63, 3.8) is 0 Å². The average molecular weight is 387 g/mol. The maximum Gasteiger partial charge on any atom is 0.136 e. The minimum atomic E-state index is 0.501. The normalized spacial score (nSPS) is 10.5. The van der Waals surface area contributed by atoms with E-state index in [-0.39, 0.29) is 0 Å². The Labute approximate surface area is 147 Å². The maximum absolute atomic E-state index is 5.69. The predicted octanol–water partition coefficient (Wildman–Crippen LogP) is 4.92. The topological polar surface area (TPSA) is 63.8 Å². The van der Waals surface area contributed by atoms with Crippen LogP contribution in [0.4, 0.5) is 11.6 Å². The molecular weight excluding hydrogens is 372 g/mol. The molecule has 3 aromatic rings. The van der Waals surface area contributed by atoms with E-state index >= 15 is 0 Å². The third-order valence-corrected chi connectivity index (χ3v) is 4.64. The van der Waals surface area contributed by atoms with Crippen molar-refractivity contribution in [2.45, 2.75) is 11.9 Å². The summed E-state index contributed by atoms with van der Waals surface area (Å²) in [5.41, 5.74) is 8.89. The number of aromatic nitrogens is 2. The molecule has 0 aliphatic heterocycles. The second-order valence-corrected chi connectivity index (χ2v) is 6.63. The second-order valence-electron chi connectivity index (χ2n) is 4.95. The highest BCUT2D eigenvalue weighted by atomic mass is 79.9. The molecule has 0 spiro atoms. The van der Waals surface area contributed by atoms with Crippen LogP contribution in [0.3, 0.4) is 0 Å². The minimum Gasteiger partial charge on any atom is -0.384 e. The number of aryl methyl sites for hydroxylation is 1. The van der Waals surface area contributed by atoms with E-state index in [0.717, 1.165) is 26.6 Å². The van der Waals surface area contributed by atoms with Gasteiger partial charge in [-0.2, -0.15) is 0 Å². The summed E-state index contributed by atoms with van der Waals surface area (Å²) in [6.07, 6.45) is 0. The SMILES string of the molecule is Cc1ccccc1-c1nc(NSc2cccc(N)n2)ccc1Br. The molecule has 0 radical (unpaired) electrons. The maximum atomic E-state index is 5.69. The number of anilines is 2. The molecule has 0 aliphatic carbocycles. The van der Waals surface area contributed by atoms with Gasteiger partial charge in [-0.15, -0.1) is 0 Å². The van der Waals surface area contributed by atoms with Gasteiger partial charge in [0.05, 0.1) is 5.69 Å². The molecular formula is C17H15BrN4S. The largest absolute Gasteiger partial charge is 0.384 e. The van der Waals surface area contributed by atoms with Crippen LogP contribution in [0.5, 0.6) is 0 Å². The Kier molecular flexibility index (Phi) is 4.83. The van der Waals surface area contributed by atoms with Crippen LogP contribution < -0.4 is 10.5 Å². The summed E-state index contributed by atoms with van der Waals surface area (Å²) >= 11 is 4.96. The number of pyridine rings is 2. The third-order valence-electron chi connectivity index (χ3n) is 3.25. The quantitative estimate of drug-likeness (QED) is 0.623. The number of nitrogens with two attached hydrogens (primary N) is 1. The summed E-state index contributed by atoms with van der Waals surface area (Å²) in [4.78, 5) is 8.94. The molecule has 2 aromatic heterocycles. The Bertz CT molecular complexity index is 838. The predicted molar refractivity (Wildman–Crippen MR) is 100 cm³/mol. The summed E-state index contributed by atoms with van der Waals surface area (Å²) in [6, 6.07) is 17.6. The van der Waals surface area contributed by atoms with Crippen LogP contribution in [-0.4, -0.2) is 9.97 Å². The molecule has 1 aromatic carbocycles. The second kappa shape index (κ2) is 7.02. The summed E-state index contributed by atoms with van der Waals surface area (Å²) in [6.45, 7) is 2.08. The van der Waals surface area contributed by atoms with Crippen LogP contribution in [0.25, 0.3) is 11.3 Å². The standard InChI is InChI=1S/C17H15BrN4S/c1-11-5-2-3-6-12(11)17-13(18)9-10-15(21-17)22-23-16-8-4-7-14(19)20-16/h2-10H,1H3,(H2,19,20)(H,21,22). The number of nitrogens with one attached hydrogen (secondary N) is 1. The van der Waals surface area contributed by atoms with Gasteiger partial charge in [0.15, 0.2) is 0 Å². The summed E-state index contributed by atoms with van der Waals surface area (Å²) in [5.74, 6) is 1.27. The molecule has 0 fully saturated rings. The number of hydrogen-bond acceptors (Lipinski definition) is 5. The van der Waals surface area contributed by atoms with E-state index in [2.05, 4.69) is 44.7 Å². The molecule has 0 atom stereocenters. The van der Waals surface area contributed by atoms with Crippen molar-refractivity contribution < 1.29 is 0 Å². The van der Waals surface area contributed by atoms with Gasteiger partial charge in [-0.25, -0.2) is 9.97 Å². The molecule has 4 nitrogen and oxygen atoms in total. The molecule has 0 saturated heterocycles. The summed E-state index contributed by atoms with van der Waals surface area (Å²) in [5, 5.41) is 0.798. The Morgan fingerprint density at radius 2 is 1.83 bits per heavy atom. The fourth-order valence-electron chi connectivity index (χ4n) is 2.12. The molecule has 6 heteroatoms. The lowest BCUT2D eigenvalue weighted by molar-refractivity contribution is 1.15. The zero-order valence-corrected chi connectivity index (χ0v) is 14.9. The number of nitrogen functional groups attached to an aromatic ring is 1. The number of halogens is 1. The van der Waals surface area contributed by atoms with E-state index in [1.54, 1.807) is 6.07 Å². The van der Waals surface area contributed by atoms with Crippen LogP contribution in [0.15, 0.2) is 64.1 Å². The highest BCUT2D eigenvalue weighted by Crippen LogP contribution is 2.31. The van der Waals surface area contributed by atoms with E-state index in [4.69, 9.17) is 10.7 Å². The molecule has 3 N–H and O–H groups in total. The van der Waals surface area contributed by atoms with Crippen LogP contribution in [-0.2, 0) is 0 Å². The van der Waals surface area contributed by atoms with Crippen LogP contribution >= 0.6 is 27.9 Å². The van der Waals surface area contributed by atoms with Crippen molar-refractivity contribution in [2.24, 2.45) is 0 Å². The average Bonchev–Trinajstić information content (AvgIpc) is 2.55. The lowest BCUT2D eigenvalue weighted by Crippen LogP contribution is -1.96. The molecule has 2 heterocycles. The molecule has 0 bridgehead atoms. The smallest absolute Gasteiger partial charge is 0.136 e. The zero-order valence-electron chi connectivity index (χ0n) is 12.5. The fraction of sp³-hybridized carbons (Fsp3) is 0.0588. The van der Waals surface area contributed by atoms with Gasteiger partial charge >= 0.3 is 0 Å². The van der Waals surface area contributed by atoms with Crippen LogP contribution in [0, 0.1) is 6.92 Å². The van der Waals surface area contributed by atoms with Crippen molar-refractivity contribution in [2.75, 3.05) is 10.5 Å². The third kappa shape index (κ3) is 3.83. The van der Waals surface area contributed by atoms with Gasteiger partial charge in [0.1, 0.15) is 16.7 Å². The van der Waals surface area contributed by atoms with E-state index in [1.165, 1.54) is 17.5 Å². The molecule has 3 rings (SSSR count). The van der Waals surface area contributed by atoms with Gasteiger partial charge in [0.25, 0.3) is 0 Å². The summed E-state index contributed by atoms with van der Waals surface area (Å²) in [7, 11) is 0. The monoisotopic (exact) mass is 386 g/mol. The lowest BCUT2D eigenvalue weighted by atomic mass is 10.1. The van der Waals surface area contributed by atoms with Crippen molar-refractivity contribution in [3.05, 3.63) is 64.6 Å². The molecule has 116 valence electrons. The molecule has 0 aliphatic rings. The van der Waals surface area contributed by atoms with Crippen molar-refractivity contribution in [1.82, 2.24) is 9.97 Å². The van der Waals surface area contributed by atoms with Gasteiger partial charge in [-0.05, 0) is 52.7 Å². The first-order valence-corrected chi connectivity index (χ1v) is 8.62. The van der Waals surface area contributed by atoms with Crippen molar-refractivity contribution in [1.29, 1.82) is 0 Å². The number of rotatable bonds is 4. The van der Waals surface area contributed by atoms with E-state index in [1.807, 2.05) is 36.4 Å². The first-order valence-electron chi connectivity index (χ1n) is 7.01. The lowest BCUT2D eigenvalue weighted by Gasteiger charge is -2.10. The fourth-order valence-corrected chi connectivity index (χ4v) is 3.17. The molecule has 0 unspecified atom stereocenters. The number of hydrogen-bond donors (Lipinski definition) is 2. The van der Waals surface area contributed by atoms with Crippen molar-refractivity contribution in [3.8, 4) is 11.3 Å². The van der Waals surface area contributed by atoms with Gasteiger partial charge in [0.2, 0.25) is 0 Å². The first kappa shape index (κ1) is 15.8. The van der Waals surface area contributed by atoms with Crippen molar-refractivity contribution >= 4 is 39.5 Å². The first-order chi connectivity index (χ1) is 11.1. The Balaban J connectivity index is 1.85. The van der Waals surface area contributed by atoms with E-state index in [0.29, 0.717) is 5.82 Å². The molecule has 0 amide bonds. The van der Waals surface area contributed by atoms with Crippen LogP contribution in [0.1, 0.15) is 5.56 Å². The number of nitrogens with zero attached hydrogens (tertiary/aromatic N) is 2. The summed E-state index contributed by atoms with van der Waals surface area (Å²) < 4.78 is 4.17. The van der Waals surface area contributed by atoms with E-state index in [9.17, 15) is 0 Å². The van der Waals surface area contributed by atoms with Crippen LogP contribution in [0.2, 0.25) is 0 Å². The van der Waals surface area contributed by atoms with Gasteiger partial charge in [0, 0.05) is 22.0 Å². The van der Waals surface area contributed by atoms with Gasteiger partial charge in [-0.3, -0.25) is 0 Å². The minimum absolute atomic E-state index is 0.501. The van der Waals surface area contributed by atoms with Gasteiger partial charge < -0.3 is 10.5 Å². The Hall–Kier alpha value is -2.05. The number of benzene rings is 1. The molecule has 0 saturated carbocycles. The molecule has 23 heavy (non-hydrogen) atoms. The highest BCUT2D eigenvalue weighted by Gasteiger charge is 2.09. The Morgan fingerprint density at radius 3 is 2.61 bits per heavy atom. The van der Waals surface area contributed by atoms with E-state index < -0.39 is 0 Å².